The number of anilines is 2. The van der Waals surface area contributed by atoms with Gasteiger partial charge in [0.15, 0.2) is 0 Å². The largest absolute Gasteiger partial charge is 0.372 e. The van der Waals surface area contributed by atoms with Gasteiger partial charge in [-0.15, -0.1) is 0 Å². The molecule has 2 rings (SSSR count). The number of nitrogens with one attached hydrogen (secondary N) is 1. The van der Waals surface area contributed by atoms with Crippen molar-refractivity contribution in [3.63, 3.8) is 0 Å². The molecule has 94 valence electrons. The molecule has 1 aliphatic heterocycles. The zero-order valence-electron chi connectivity index (χ0n) is 9.88. The fourth-order valence-corrected chi connectivity index (χ4v) is 2.15. The van der Waals surface area contributed by atoms with Crippen LogP contribution in [-0.2, 0) is 14.8 Å². The highest BCUT2D eigenvalue weighted by Crippen LogP contribution is 2.20. The van der Waals surface area contributed by atoms with Crippen molar-refractivity contribution in [2.24, 2.45) is 0 Å². The fourth-order valence-electron chi connectivity index (χ4n) is 1.58. The van der Waals surface area contributed by atoms with E-state index < -0.39 is 10.0 Å². The molecule has 0 saturated carbocycles. The summed E-state index contributed by atoms with van der Waals surface area (Å²) in [7, 11) is -1.22. The van der Waals surface area contributed by atoms with Gasteiger partial charge in [-0.2, -0.15) is 0 Å². The Hall–Kier alpha value is -1.27. The summed E-state index contributed by atoms with van der Waals surface area (Å²) < 4.78 is 29.7. The average Bonchev–Trinajstić information content (AvgIpc) is 3.00. The lowest BCUT2D eigenvalue weighted by molar-refractivity contribution is 0.410. The summed E-state index contributed by atoms with van der Waals surface area (Å²) in [6.45, 7) is 1.69. The van der Waals surface area contributed by atoms with Gasteiger partial charge in [-0.05, 0) is 24.3 Å². The Bertz CT molecular complexity index is 480. The van der Waals surface area contributed by atoms with Crippen LogP contribution in [0.3, 0.4) is 0 Å². The minimum atomic E-state index is -3.20. The number of hydrogen-bond donors (Lipinski definition) is 1. The van der Waals surface area contributed by atoms with E-state index in [9.17, 15) is 8.42 Å². The van der Waals surface area contributed by atoms with Crippen LogP contribution < -0.4 is 9.62 Å². The van der Waals surface area contributed by atoms with Crippen LogP contribution in [0, 0.1) is 0 Å². The maximum atomic E-state index is 11.0. The van der Waals surface area contributed by atoms with E-state index >= 15 is 0 Å². The van der Waals surface area contributed by atoms with E-state index in [2.05, 4.69) is 9.62 Å². The normalized spacial score (nSPS) is 18.8. The van der Waals surface area contributed by atoms with Crippen molar-refractivity contribution in [2.45, 2.75) is 6.10 Å². The first-order chi connectivity index (χ1) is 7.94. The second-order valence-electron chi connectivity index (χ2n) is 4.26. The Labute approximate surface area is 101 Å². The van der Waals surface area contributed by atoms with Crippen LogP contribution >= 0.6 is 0 Å². The molecule has 1 aromatic rings. The Morgan fingerprint density at radius 2 is 2.00 bits per heavy atom. The Balaban J connectivity index is 2.01. The highest BCUT2D eigenvalue weighted by Gasteiger charge is 2.24. The molecule has 1 atom stereocenters. The first kappa shape index (κ1) is 12.2. The van der Waals surface area contributed by atoms with Crippen LogP contribution in [0.5, 0.6) is 0 Å². The van der Waals surface area contributed by atoms with Crippen LogP contribution in [0.4, 0.5) is 11.4 Å². The van der Waals surface area contributed by atoms with Gasteiger partial charge in [0.2, 0.25) is 10.0 Å². The third-order valence-corrected chi connectivity index (χ3v) is 3.10. The van der Waals surface area contributed by atoms with Gasteiger partial charge in [-0.1, -0.05) is 0 Å². The molecule has 0 radical (unpaired) electrons. The third-order valence-electron chi connectivity index (χ3n) is 2.49. The number of epoxide rings is 1. The number of hydrogen-bond acceptors (Lipinski definition) is 4. The minimum Gasteiger partial charge on any atom is -0.372 e. The molecule has 1 heterocycles. The topological polar surface area (TPSA) is 61.9 Å². The van der Waals surface area contributed by atoms with Crippen molar-refractivity contribution in [3.8, 4) is 0 Å². The zero-order chi connectivity index (χ0) is 12.5. The highest BCUT2D eigenvalue weighted by molar-refractivity contribution is 7.92. The first-order valence-electron chi connectivity index (χ1n) is 5.34. The summed E-state index contributed by atoms with van der Waals surface area (Å²) in [6, 6.07) is 7.27. The van der Waals surface area contributed by atoms with Crippen molar-refractivity contribution in [2.75, 3.05) is 36.1 Å². The molecule has 1 aliphatic rings. The minimum absolute atomic E-state index is 0.342. The van der Waals surface area contributed by atoms with Crippen LogP contribution in [-0.4, -0.2) is 41.0 Å². The molecule has 17 heavy (non-hydrogen) atoms. The maximum Gasteiger partial charge on any atom is 0.229 e. The van der Waals surface area contributed by atoms with E-state index in [1.807, 2.05) is 19.2 Å². The Kier molecular flexibility index (Phi) is 3.26. The average molecular weight is 256 g/mol. The van der Waals surface area contributed by atoms with Crippen LogP contribution in [0.25, 0.3) is 0 Å². The van der Waals surface area contributed by atoms with Crippen molar-refractivity contribution >= 4 is 21.4 Å². The van der Waals surface area contributed by atoms with E-state index in [1.165, 1.54) is 0 Å². The van der Waals surface area contributed by atoms with Gasteiger partial charge in [-0.25, -0.2) is 8.42 Å². The Morgan fingerprint density at radius 3 is 2.47 bits per heavy atom. The monoisotopic (exact) mass is 256 g/mol. The quantitative estimate of drug-likeness (QED) is 0.795. The van der Waals surface area contributed by atoms with Crippen molar-refractivity contribution < 1.29 is 13.2 Å². The van der Waals surface area contributed by atoms with Crippen molar-refractivity contribution in [1.29, 1.82) is 0 Å². The number of nitrogens with zero attached hydrogens (tertiary/aromatic N) is 1. The molecule has 0 amide bonds. The molecule has 1 unspecified atom stereocenters. The summed E-state index contributed by atoms with van der Waals surface area (Å²) in [6.07, 6.45) is 1.48. The number of rotatable bonds is 5. The van der Waals surface area contributed by atoms with Gasteiger partial charge in [0.1, 0.15) is 0 Å². The van der Waals surface area contributed by atoms with Gasteiger partial charge in [0, 0.05) is 25.0 Å². The standard InChI is InChI=1S/C11H16N2O3S/c1-13(7-11-8-16-11)10-5-3-9(4-6-10)12-17(2,14)15/h3-6,11-12H,7-8H2,1-2H3. The number of likely N-dealkylation sites (N-methyl/N-ethyl adjacent to an activating group) is 1. The zero-order valence-corrected chi connectivity index (χ0v) is 10.7. The molecule has 0 spiro atoms. The van der Waals surface area contributed by atoms with Crippen LogP contribution in [0.2, 0.25) is 0 Å². The van der Waals surface area contributed by atoms with Gasteiger partial charge in [0.05, 0.1) is 19.0 Å². The molecule has 1 N–H and O–H groups in total. The molecule has 1 fully saturated rings. The predicted octanol–water partition coefficient (Wildman–Crippen LogP) is 0.893. The molecule has 6 heteroatoms. The maximum absolute atomic E-state index is 11.0. The Morgan fingerprint density at radius 1 is 1.41 bits per heavy atom. The van der Waals surface area contributed by atoms with E-state index in [1.54, 1.807) is 12.1 Å². The first-order valence-corrected chi connectivity index (χ1v) is 7.24. The van der Waals surface area contributed by atoms with E-state index in [4.69, 9.17) is 4.74 Å². The van der Waals surface area contributed by atoms with E-state index in [0.717, 1.165) is 25.1 Å². The molecule has 5 nitrogen and oxygen atoms in total. The lowest BCUT2D eigenvalue weighted by Crippen LogP contribution is -2.22. The predicted molar refractivity (Wildman–Crippen MR) is 67.9 cm³/mol. The summed E-state index contributed by atoms with van der Waals surface area (Å²) in [4.78, 5) is 2.09. The fraction of sp³-hybridized carbons (Fsp3) is 0.455. The SMILES string of the molecule is CN(CC1CO1)c1ccc(NS(C)(=O)=O)cc1. The highest BCUT2D eigenvalue weighted by atomic mass is 32.2. The van der Waals surface area contributed by atoms with Gasteiger partial charge in [-0.3, -0.25) is 4.72 Å². The summed E-state index contributed by atoms with van der Waals surface area (Å²) in [5.74, 6) is 0. The van der Waals surface area contributed by atoms with E-state index in [-0.39, 0.29) is 0 Å². The summed E-state index contributed by atoms with van der Waals surface area (Å²) in [5.41, 5.74) is 1.62. The molecule has 0 bridgehead atoms. The lowest BCUT2D eigenvalue weighted by atomic mass is 10.2. The lowest BCUT2D eigenvalue weighted by Gasteiger charge is -2.18. The summed E-state index contributed by atoms with van der Waals surface area (Å²) >= 11 is 0. The van der Waals surface area contributed by atoms with Crippen molar-refractivity contribution in [1.82, 2.24) is 0 Å². The van der Waals surface area contributed by atoms with Gasteiger partial charge < -0.3 is 9.64 Å². The number of benzene rings is 1. The summed E-state index contributed by atoms with van der Waals surface area (Å²) in [5, 5.41) is 0. The second-order valence-corrected chi connectivity index (χ2v) is 6.01. The molecular formula is C11H16N2O3S. The van der Waals surface area contributed by atoms with Crippen LogP contribution in [0.15, 0.2) is 24.3 Å². The smallest absolute Gasteiger partial charge is 0.229 e. The molecule has 1 aromatic carbocycles. The second kappa shape index (κ2) is 4.54. The van der Waals surface area contributed by atoms with Crippen LogP contribution in [0.1, 0.15) is 0 Å². The molecule has 1 saturated heterocycles. The molecule has 0 aliphatic carbocycles. The number of ether oxygens (including phenoxy) is 1. The van der Waals surface area contributed by atoms with E-state index in [0.29, 0.717) is 11.8 Å². The molecule has 0 aromatic heterocycles. The number of sulfonamides is 1. The van der Waals surface area contributed by atoms with Gasteiger partial charge >= 0.3 is 0 Å². The third kappa shape index (κ3) is 3.90. The molecular weight excluding hydrogens is 240 g/mol. The van der Waals surface area contributed by atoms with Crippen molar-refractivity contribution in [3.05, 3.63) is 24.3 Å². The van der Waals surface area contributed by atoms with Gasteiger partial charge in [0.25, 0.3) is 0 Å².